The number of aromatic nitrogens is 1. The molecule has 0 saturated carbocycles. The topological polar surface area (TPSA) is 97.6 Å². The van der Waals surface area contributed by atoms with Crippen molar-refractivity contribution in [3.8, 4) is 23.0 Å². The second-order valence-electron chi connectivity index (χ2n) is 9.59. The fourth-order valence-corrected chi connectivity index (χ4v) is 5.96. The van der Waals surface area contributed by atoms with Crippen molar-refractivity contribution in [1.82, 2.24) is 4.57 Å². The van der Waals surface area contributed by atoms with E-state index in [1.165, 1.54) is 23.0 Å². The Morgan fingerprint density at radius 1 is 0.953 bits per heavy atom. The lowest BCUT2D eigenvalue weighted by molar-refractivity contribution is -0.139. The van der Waals surface area contributed by atoms with Gasteiger partial charge in [0.2, 0.25) is 0 Å². The van der Waals surface area contributed by atoms with Crippen LogP contribution in [0.25, 0.3) is 6.08 Å². The van der Waals surface area contributed by atoms with Crippen LogP contribution in [0.5, 0.6) is 23.0 Å². The summed E-state index contributed by atoms with van der Waals surface area (Å²) in [7, 11) is 4.66. The molecule has 0 spiro atoms. The smallest absolute Gasteiger partial charge is 0.338 e. The Morgan fingerprint density at radius 3 is 2.42 bits per heavy atom. The first kappa shape index (κ1) is 29.7. The van der Waals surface area contributed by atoms with Crippen molar-refractivity contribution < 1.29 is 28.5 Å². The van der Waals surface area contributed by atoms with Crippen LogP contribution in [-0.4, -0.2) is 38.5 Å². The molecule has 0 radical (unpaired) electrons. The number of methoxy groups -OCH3 is 3. The lowest BCUT2D eigenvalue weighted by Crippen LogP contribution is -2.40. The predicted octanol–water partition coefficient (Wildman–Crippen LogP) is 4.40. The van der Waals surface area contributed by atoms with Crippen molar-refractivity contribution in [3.63, 3.8) is 0 Å². The molecule has 0 fully saturated rings. The fourth-order valence-electron chi connectivity index (χ4n) is 4.91. The summed E-state index contributed by atoms with van der Waals surface area (Å²) in [6.07, 6.45) is 1.78. The minimum Gasteiger partial charge on any atom is -0.497 e. The quantitative estimate of drug-likeness (QED) is 0.249. The van der Waals surface area contributed by atoms with Gasteiger partial charge >= 0.3 is 5.97 Å². The predicted molar refractivity (Wildman–Crippen MR) is 164 cm³/mol. The first-order valence-electron chi connectivity index (χ1n) is 13.6. The van der Waals surface area contributed by atoms with Gasteiger partial charge in [0, 0.05) is 11.6 Å². The van der Waals surface area contributed by atoms with E-state index in [2.05, 4.69) is 4.99 Å². The number of rotatable bonds is 10. The van der Waals surface area contributed by atoms with Crippen LogP contribution in [0.15, 0.2) is 87.8 Å². The minimum atomic E-state index is -0.818. The third-order valence-electron chi connectivity index (χ3n) is 6.97. The number of hydrogen-bond acceptors (Lipinski definition) is 9. The summed E-state index contributed by atoms with van der Waals surface area (Å²) in [4.78, 5) is 32.4. The number of carbonyl (C=O) groups is 1. The molecule has 0 amide bonds. The molecule has 0 aliphatic carbocycles. The number of thiazole rings is 1. The van der Waals surface area contributed by atoms with E-state index in [0.717, 1.165) is 11.1 Å². The van der Waals surface area contributed by atoms with Gasteiger partial charge in [0.15, 0.2) is 16.3 Å². The van der Waals surface area contributed by atoms with E-state index in [-0.39, 0.29) is 17.7 Å². The SMILES string of the molecule is CCOC(=O)C1=C(C)N=c2s/c(=C\c3ccc(OCc4ccccc4)c(OC)c3)c(=O)n2[C@H]1c1ccc(OC)cc1OC. The van der Waals surface area contributed by atoms with Crippen molar-refractivity contribution in [1.29, 1.82) is 0 Å². The van der Waals surface area contributed by atoms with E-state index in [4.69, 9.17) is 23.7 Å². The van der Waals surface area contributed by atoms with E-state index in [1.54, 1.807) is 52.3 Å². The summed E-state index contributed by atoms with van der Waals surface area (Å²) in [5.41, 5.74) is 2.82. The molecule has 1 atom stereocenters. The molecule has 1 aromatic heterocycles. The van der Waals surface area contributed by atoms with Gasteiger partial charge in [-0.1, -0.05) is 47.7 Å². The first-order chi connectivity index (χ1) is 20.9. The number of benzene rings is 3. The van der Waals surface area contributed by atoms with Gasteiger partial charge < -0.3 is 23.7 Å². The molecule has 0 saturated heterocycles. The highest BCUT2D eigenvalue weighted by Crippen LogP contribution is 2.37. The molecule has 0 unspecified atom stereocenters. The van der Waals surface area contributed by atoms with Crippen molar-refractivity contribution in [3.05, 3.63) is 114 Å². The van der Waals surface area contributed by atoms with Crippen LogP contribution in [0.2, 0.25) is 0 Å². The van der Waals surface area contributed by atoms with E-state index in [0.29, 0.717) is 50.2 Å². The van der Waals surface area contributed by atoms with Crippen LogP contribution >= 0.6 is 11.3 Å². The maximum absolute atomic E-state index is 14.0. The number of nitrogens with zero attached hydrogens (tertiary/aromatic N) is 2. The van der Waals surface area contributed by atoms with E-state index < -0.39 is 12.0 Å². The number of esters is 1. The summed E-state index contributed by atoms with van der Waals surface area (Å²) in [5.74, 6) is 1.63. The number of allylic oxidation sites excluding steroid dienone is 1. The Labute approximate surface area is 252 Å². The molecule has 4 aromatic rings. The van der Waals surface area contributed by atoms with Crippen molar-refractivity contribution in [2.24, 2.45) is 4.99 Å². The van der Waals surface area contributed by atoms with E-state index in [9.17, 15) is 9.59 Å². The average Bonchev–Trinajstić information content (AvgIpc) is 3.33. The molecule has 0 N–H and O–H groups in total. The van der Waals surface area contributed by atoms with E-state index >= 15 is 0 Å². The highest BCUT2D eigenvalue weighted by atomic mass is 32.1. The number of fused-ring (bicyclic) bond motifs is 1. The second-order valence-corrected chi connectivity index (χ2v) is 10.6. The molecule has 10 heteroatoms. The van der Waals surface area contributed by atoms with Crippen molar-refractivity contribution >= 4 is 23.4 Å². The Kier molecular flexibility index (Phi) is 8.96. The average molecular weight is 601 g/mol. The molecule has 222 valence electrons. The molecule has 1 aliphatic rings. The second kappa shape index (κ2) is 13.0. The van der Waals surface area contributed by atoms with Gasteiger partial charge in [-0.05, 0) is 55.3 Å². The maximum Gasteiger partial charge on any atom is 0.338 e. The highest BCUT2D eigenvalue weighted by Gasteiger charge is 2.35. The Balaban J connectivity index is 1.59. The standard InChI is InChI=1S/C33H32N2O7S/c1-6-41-32(37)29-20(2)34-33-35(30(29)24-14-13-23(38-3)18-26(24)39-4)31(36)28(43-33)17-22-12-15-25(27(16-22)40-5)42-19-21-10-8-7-9-11-21/h7-18,30H,6,19H2,1-5H3/b28-17-/t30-/m0/s1. The van der Waals surface area contributed by atoms with E-state index in [1.807, 2.05) is 48.5 Å². The molecule has 5 rings (SSSR count). The Morgan fingerprint density at radius 2 is 1.72 bits per heavy atom. The van der Waals surface area contributed by atoms with Gasteiger partial charge in [0.1, 0.15) is 24.1 Å². The molecule has 0 bridgehead atoms. The largest absolute Gasteiger partial charge is 0.497 e. The van der Waals surface area contributed by atoms with Crippen LogP contribution in [0.4, 0.5) is 0 Å². The van der Waals surface area contributed by atoms with Gasteiger partial charge in [-0.15, -0.1) is 0 Å². The molecule has 3 aromatic carbocycles. The van der Waals surface area contributed by atoms with Crippen molar-refractivity contribution in [2.45, 2.75) is 26.5 Å². The number of hydrogen-bond donors (Lipinski definition) is 0. The third kappa shape index (κ3) is 6.05. The normalized spacial score (nSPS) is 14.5. The summed E-state index contributed by atoms with van der Waals surface area (Å²) in [5, 5.41) is 0. The highest BCUT2D eigenvalue weighted by molar-refractivity contribution is 7.07. The van der Waals surface area contributed by atoms with Gasteiger partial charge in [0.25, 0.3) is 5.56 Å². The summed E-state index contributed by atoms with van der Waals surface area (Å²) in [6, 6.07) is 19.8. The van der Waals surface area contributed by atoms with Crippen LogP contribution in [0.1, 0.15) is 36.6 Å². The summed E-state index contributed by atoms with van der Waals surface area (Å²) < 4.78 is 30.0. The Hall–Kier alpha value is -4.83. The van der Waals surface area contributed by atoms with Crippen LogP contribution in [0.3, 0.4) is 0 Å². The van der Waals surface area contributed by atoms with Gasteiger partial charge in [0.05, 0.1) is 43.7 Å². The van der Waals surface area contributed by atoms with Gasteiger partial charge in [-0.25, -0.2) is 9.79 Å². The van der Waals surface area contributed by atoms with Crippen LogP contribution in [-0.2, 0) is 16.1 Å². The summed E-state index contributed by atoms with van der Waals surface area (Å²) in [6.45, 7) is 4.05. The number of carbonyl (C=O) groups excluding carboxylic acids is 1. The molecular formula is C33H32N2O7S. The van der Waals surface area contributed by atoms with Gasteiger partial charge in [-0.3, -0.25) is 9.36 Å². The maximum atomic E-state index is 14.0. The molecule has 9 nitrogen and oxygen atoms in total. The van der Waals surface area contributed by atoms with Crippen molar-refractivity contribution in [2.75, 3.05) is 27.9 Å². The van der Waals surface area contributed by atoms with Crippen LogP contribution < -0.4 is 33.8 Å². The Bertz CT molecular complexity index is 1860. The lowest BCUT2D eigenvalue weighted by atomic mass is 9.95. The summed E-state index contributed by atoms with van der Waals surface area (Å²) >= 11 is 1.24. The van der Waals surface area contributed by atoms with Gasteiger partial charge in [-0.2, -0.15) is 0 Å². The molecule has 1 aliphatic heterocycles. The zero-order valence-corrected chi connectivity index (χ0v) is 25.4. The third-order valence-corrected chi connectivity index (χ3v) is 7.96. The van der Waals surface area contributed by atoms with Crippen LogP contribution in [0, 0.1) is 0 Å². The number of ether oxygens (including phenoxy) is 5. The minimum absolute atomic E-state index is 0.180. The molecule has 43 heavy (non-hydrogen) atoms. The monoisotopic (exact) mass is 600 g/mol. The molecular weight excluding hydrogens is 568 g/mol. The molecule has 2 heterocycles. The zero-order chi connectivity index (χ0) is 30.5. The fraction of sp³-hybridized carbons (Fsp3) is 0.242. The zero-order valence-electron chi connectivity index (χ0n) is 24.6. The lowest BCUT2D eigenvalue weighted by Gasteiger charge is -2.26. The first-order valence-corrected chi connectivity index (χ1v) is 14.5.